The summed E-state index contributed by atoms with van der Waals surface area (Å²) >= 11 is 0. The summed E-state index contributed by atoms with van der Waals surface area (Å²) in [6.45, 7) is 2.94. The van der Waals surface area contributed by atoms with Gasteiger partial charge in [-0.2, -0.15) is 0 Å². The van der Waals surface area contributed by atoms with Gasteiger partial charge in [0, 0.05) is 24.8 Å². The number of aromatic nitrogens is 3. The van der Waals surface area contributed by atoms with E-state index in [0.717, 1.165) is 30.1 Å². The van der Waals surface area contributed by atoms with Gasteiger partial charge in [0.1, 0.15) is 5.82 Å². The first-order valence-electron chi connectivity index (χ1n) is 6.42. The second-order valence-electron chi connectivity index (χ2n) is 4.59. The van der Waals surface area contributed by atoms with Gasteiger partial charge in [0.2, 0.25) is 0 Å². The van der Waals surface area contributed by atoms with Gasteiger partial charge in [-0.15, -0.1) is 10.2 Å². The lowest BCUT2D eigenvalue weighted by Gasteiger charge is -2.05. The Kier molecular flexibility index (Phi) is 3.14. The molecule has 0 saturated carbocycles. The molecule has 2 aromatic heterocycles. The average molecular weight is 252 g/mol. The van der Waals surface area contributed by atoms with Crippen LogP contribution in [0.5, 0.6) is 0 Å². The van der Waals surface area contributed by atoms with Gasteiger partial charge in [-0.25, -0.2) is 0 Å². The minimum atomic E-state index is 0.846. The van der Waals surface area contributed by atoms with Gasteiger partial charge in [0.05, 0.1) is 0 Å². The Morgan fingerprint density at radius 2 is 1.89 bits per heavy atom. The van der Waals surface area contributed by atoms with Crippen LogP contribution in [-0.2, 0) is 6.42 Å². The van der Waals surface area contributed by atoms with E-state index in [2.05, 4.69) is 46.7 Å². The first-order valence-corrected chi connectivity index (χ1v) is 6.42. The molecule has 0 aliphatic carbocycles. The van der Waals surface area contributed by atoms with Gasteiger partial charge in [-0.3, -0.25) is 4.40 Å². The van der Waals surface area contributed by atoms with Crippen molar-refractivity contribution >= 4 is 11.3 Å². The fraction of sp³-hybridized carbons (Fsp3) is 0.200. The molecule has 19 heavy (non-hydrogen) atoms. The summed E-state index contributed by atoms with van der Waals surface area (Å²) in [6, 6.07) is 14.3. The Morgan fingerprint density at radius 1 is 1.05 bits per heavy atom. The molecule has 3 rings (SSSR count). The number of rotatable bonds is 4. The molecule has 0 saturated heterocycles. The maximum absolute atomic E-state index is 4.21. The predicted octanol–water partition coefficient (Wildman–Crippen LogP) is 2.69. The van der Waals surface area contributed by atoms with Gasteiger partial charge in [-0.05, 0) is 31.2 Å². The van der Waals surface area contributed by atoms with E-state index in [-0.39, 0.29) is 0 Å². The zero-order valence-electron chi connectivity index (χ0n) is 10.9. The van der Waals surface area contributed by atoms with E-state index >= 15 is 0 Å². The van der Waals surface area contributed by atoms with Crippen LogP contribution in [0.2, 0.25) is 0 Å². The van der Waals surface area contributed by atoms with Crippen molar-refractivity contribution in [2.75, 3.05) is 11.9 Å². The molecule has 4 heteroatoms. The smallest absolute Gasteiger partial charge is 0.160 e. The van der Waals surface area contributed by atoms with Crippen molar-refractivity contribution in [3.63, 3.8) is 0 Å². The van der Waals surface area contributed by atoms with Gasteiger partial charge in [-0.1, -0.05) is 23.8 Å². The quantitative estimate of drug-likeness (QED) is 0.776. The lowest BCUT2D eigenvalue weighted by atomic mass is 10.2. The highest BCUT2D eigenvalue weighted by atomic mass is 15.2. The monoisotopic (exact) mass is 252 g/mol. The molecule has 96 valence electrons. The molecule has 0 aliphatic heterocycles. The van der Waals surface area contributed by atoms with Crippen molar-refractivity contribution in [3.8, 4) is 0 Å². The van der Waals surface area contributed by atoms with Crippen molar-refractivity contribution < 1.29 is 0 Å². The normalized spacial score (nSPS) is 10.8. The van der Waals surface area contributed by atoms with Crippen molar-refractivity contribution in [1.29, 1.82) is 0 Å². The van der Waals surface area contributed by atoms with Crippen LogP contribution in [0.1, 0.15) is 11.4 Å². The Balaban J connectivity index is 1.65. The molecule has 1 aromatic carbocycles. The van der Waals surface area contributed by atoms with E-state index in [9.17, 15) is 0 Å². The highest BCUT2D eigenvalue weighted by Crippen LogP contribution is 2.09. The minimum Gasteiger partial charge on any atom is -0.385 e. The van der Waals surface area contributed by atoms with Crippen molar-refractivity contribution in [1.82, 2.24) is 14.6 Å². The molecule has 4 nitrogen and oxygen atoms in total. The number of aryl methyl sites for hydroxylation is 1. The second kappa shape index (κ2) is 5.10. The fourth-order valence-electron chi connectivity index (χ4n) is 2.05. The summed E-state index contributed by atoms with van der Waals surface area (Å²) in [4.78, 5) is 0. The standard InChI is InChI=1S/C15H16N4/c1-12-5-7-13(8-6-12)16-10-9-15-18-17-14-4-2-3-11-19(14)15/h2-8,11,16H,9-10H2,1H3. The number of fused-ring (bicyclic) bond motifs is 1. The van der Waals surface area contributed by atoms with Gasteiger partial charge in [0.25, 0.3) is 0 Å². The number of hydrogen-bond donors (Lipinski definition) is 1. The van der Waals surface area contributed by atoms with Crippen LogP contribution in [0.15, 0.2) is 48.7 Å². The molecule has 0 bridgehead atoms. The van der Waals surface area contributed by atoms with E-state index in [4.69, 9.17) is 0 Å². The highest BCUT2D eigenvalue weighted by Gasteiger charge is 2.03. The predicted molar refractivity (Wildman–Crippen MR) is 76.4 cm³/mol. The lowest BCUT2D eigenvalue weighted by molar-refractivity contribution is 0.871. The SMILES string of the molecule is Cc1ccc(NCCc2nnc3ccccn23)cc1. The van der Waals surface area contributed by atoms with Crippen LogP contribution >= 0.6 is 0 Å². The van der Waals surface area contributed by atoms with Gasteiger partial charge < -0.3 is 5.32 Å². The van der Waals surface area contributed by atoms with Crippen molar-refractivity contribution in [3.05, 3.63) is 60.0 Å². The van der Waals surface area contributed by atoms with Crippen molar-refractivity contribution in [2.24, 2.45) is 0 Å². The Labute approximate surface area is 112 Å². The third kappa shape index (κ3) is 2.57. The molecule has 0 spiro atoms. The Hall–Kier alpha value is -2.36. The molecule has 0 aliphatic rings. The van der Waals surface area contributed by atoms with Crippen LogP contribution in [0, 0.1) is 6.92 Å². The number of pyridine rings is 1. The summed E-state index contributed by atoms with van der Waals surface area (Å²) < 4.78 is 2.02. The molecule has 0 unspecified atom stereocenters. The molecular weight excluding hydrogens is 236 g/mol. The molecule has 0 radical (unpaired) electrons. The molecule has 0 atom stereocenters. The molecule has 3 aromatic rings. The highest BCUT2D eigenvalue weighted by molar-refractivity contribution is 5.44. The zero-order chi connectivity index (χ0) is 13.1. The fourth-order valence-corrected chi connectivity index (χ4v) is 2.05. The maximum Gasteiger partial charge on any atom is 0.160 e. The van der Waals surface area contributed by atoms with Crippen LogP contribution in [0.25, 0.3) is 5.65 Å². The summed E-state index contributed by atoms with van der Waals surface area (Å²) in [5.41, 5.74) is 3.31. The largest absolute Gasteiger partial charge is 0.385 e. The minimum absolute atomic E-state index is 0.846. The van der Waals surface area contributed by atoms with Crippen LogP contribution in [0.4, 0.5) is 5.69 Å². The molecule has 0 fully saturated rings. The van der Waals surface area contributed by atoms with E-state index in [1.807, 2.05) is 28.8 Å². The molecular formula is C15H16N4. The van der Waals surface area contributed by atoms with E-state index < -0.39 is 0 Å². The topological polar surface area (TPSA) is 42.2 Å². The van der Waals surface area contributed by atoms with E-state index in [1.165, 1.54) is 5.56 Å². The Bertz CT molecular complexity index is 670. The molecule has 1 N–H and O–H groups in total. The van der Waals surface area contributed by atoms with Crippen LogP contribution in [0.3, 0.4) is 0 Å². The lowest BCUT2D eigenvalue weighted by Crippen LogP contribution is -2.07. The average Bonchev–Trinajstić information content (AvgIpc) is 2.85. The van der Waals surface area contributed by atoms with Crippen LogP contribution < -0.4 is 5.32 Å². The van der Waals surface area contributed by atoms with Crippen molar-refractivity contribution in [2.45, 2.75) is 13.3 Å². The third-order valence-electron chi connectivity index (χ3n) is 3.11. The summed E-state index contributed by atoms with van der Waals surface area (Å²) in [5.74, 6) is 0.982. The number of hydrogen-bond acceptors (Lipinski definition) is 3. The van der Waals surface area contributed by atoms with Gasteiger partial charge in [0.15, 0.2) is 5.65 Å². The van der Waals surface area contributed by atoms with E-state index in [1.54, 1.807) is 0 Å². The number of anilines is 1. The number of nitrogens with one attached hydrogen (secondary N) is 1. The van der Waals surface area contributed by atoms with Gasteiger partial charge >= 0.3 is 0 Å². The zero-order valence-corrected chi connectivity index (χ0v) is 10.9. The first kappa shape index (κ1) is 11.7. The maximum atomic E-state index is 4.21. The third-order valence-corrected chi connectivity index (χ3v) is 3.11. The second-order valence-corrected chi connectivity index (χ2v) is 4.59. The number of nitrogens with zero attached hydrogens (tertiary/aromatic N) is 3. The first-order chi connectivity index (χ1) is 9.33. The summed E-state index contributed by atoms with van der Waals surface area (Å²) in [7, 11) is 0. The molecule has 2 heterocycles. The Morgan fingerprint density at radius 3 is 2.74 bits per heavy atom. The van der Waals surface area contributed by atoms with E-state index in [0.29, 0.717) is 0 Å². The molecule has 0 amide bonds. The summed E-state index contributed by atoms with van der Waals surface area (Å²) in [5, 5.41) is 11.7. The van der Waals surface area contributed by atoms with Crippen LogP contribution in [-0.4, -0.2) is 21.1 Å². The number of benzene rings is 1. The summed E-state index contributed by atoms with van der Waals surface area (Å²) in [6.07, 6.45) is 2.84.